The van der Waals surface area contributed by atoms with E-state index in [1.165, 1.54) is 29.7 Å². The molecule has 1 aromatic carbocycles. The predicted molar refractivity (Wildman–Crippen MR) is 67.1 cm³/mol. The normalized spacial score (nSPS) is 18.5. The van der Waals surface area contributed by atoms with E-state index in [1.54, 1.807) is 0 Å². The molecule has 1 aromatic rings. The van der Waals surface area contributed by atoms with E-state index in [0.717, 1.165) is 11.7 Å². The first-order valence-corrected chi connectivity index (χ1v) is 6.78. The summed E-state index contributed by atoms with van der Waals surface area (Å²) >= 11 is 1.88. The molecular formula is C13H19NS. The Bertz CT molecular complexity index is 303. The number of nitrogens with two attached hydrogens (primary N) is 1. The molecule has 2 heteroatoms. The van der Waals surface area contributed by atoms with Gasteiger partial charge in [-0.3, -0.25) is 0 Å². The molecule has 0 spiro atoms. The Kier molecular flexibility index (Phi) is 3.71. The van der Waals surface area contributed by atoms with Crippen LogP contribution in [0.2, 0.25) is 0 Å². The minimum atomic E-state index is 0.263. The van der Waals surface area contributed by atoms with Crippen LogP contribution >= 0.6 is 11.8 Å². The lowest BCUT2D eigenvalue weighted by molar-refractivity contribution is 0.264. The summed E-state index contributed by atoms with van der Waals surface area (Å²) in [7, 11) is 0. The highest BCUT2D eigenvalue weighted by Gasteiger charge is 2.25. The maximum atomic E-state index is 6.22. The fourth-order valence-corrected chi connectivity index (χ4v) is 2.69. The zero-order valence-electron chi connectivity index (χ0n) is 9.28. The Morgan fingerprint density at radius 1 is 1.33 bits per heavy atom. The second-order valence-corrected chi connectivity index (χ2v) is 5.56. The van der Waals surface area contributed by atoms with E-state index in [0.29, 0.717) is 0 Å². The average molecular weight is 221 g/mol. The van der Waals surface area contributed by atoms with E-state index in [2.05, 4.69) is 31.2 Å². The molecule has 0 aliphatic heterocycles. The third-order valence-electron chi connectivity index (χ3n) is 3.23. The second kappa shape index (κ2) is 5.04. The number of hydrogen-bond donors (Lipinski definition) is 1. The van der Waals surface area contributed by atoms with E-state index in [9.17, 15) is 0 Å². The molecule has 1 aliphatic carbocycles. The molecule has 15 heavy (non-hydrogen) atoms. The monoisotopic (exact) mass is 221 g/mol. The maximum Gasteiger partial charge on any atom is 0.0323 e. The molecular weight excluding hydrogens is 202 g/mol. The van der Waals surface area contributed by atoms with E-state index in [-0.39, 0.29) is 6.04 Å². The first kappa shape index (κ1) is 11.0. The van der Waals surface area contributed by atoms with Crippen LogP contribution in [-0.4, -0.2) is 5.75 Å². The van der Waals surface area contributed by atoms with Gasteiger partial charge in [-0.05, 0) is 42.2 Å². The molecule has 1 atom stereocenters. The van der Waals surface area contributed by atoms with Gasteiger partial charge < -0.3 is 5.73 Å². The highest BCUT2D eigenvalue weighted by atomic mass is 32.2. The summed E-state index contributed by atoms with van der Waals surface area (Å²) in [5.74, 6) is 1.86. The Labute approximate surface area is 96.4 Å². The summed E-state index contributed by atoms with van der Waals surface area (Å²) in [6, 6.07) is 9.05. The molecule has 1 nitrogen and oxygen atoms in total. The first-order valence-electron chi connectivity index (χ1n) is 5.79. The lowest BCUT2D eigenvalue weighted by Gasteiger charge is -2.31. The van der Waals surface area contributed by atoms with Gasteiger partial charge in [0.2, 0.25) is 0 Å². The zero-order chi connectivity index (χ0) is 10.7. The lowest BCUT2D eigenvalue weighted by Crippen LogP contribution is -2.26. The first-order chi connectivity index (χ1) is 7.31. The number of hydrogen-bond acceptors (Lipinski definition) is 2. The SMILES string of the molecule is CCSc1ccc(C(N)C2CCC2)cc1. The van der Waals surface area contributed by atoms with Crippen molar-refractivity contribution in [3.63, 3.8) is 0 Å². The molecule has 0 amide bonds. The molecule has 1 saturated carbocycles. The quantitative estimate of drug-likeness (QED) is 0.786. The Morgan fingerprint density at radius 3 is 2.47 bits per heavy atom. The summed E-state index contributed by atoms with van der Waals surface area (Å²) in [6.45, 7) is 2.18. The van der Waals surface area contributed by atoms with Gasteiger partial charge >= 0.3 is 0 Å². The minimum Gasteiger partial charge on any atom is -0.324 e. The van der Waals surface area contributed by atoms with Gasteiger partial charge in [0.25, 0.3) is 0 Å². The average Bonchev–Trinajstić information content (AvgIpc) is 2.16. The topological polar surface area (TPSA) is 26.0 Å². The van der Waals surface area contributed by atoms with Crippen molar-refractivity contribution in [1.82, 2.24) is 0 Å². The fraction of sp³-hybridized carbons (Fsp3) is 0.538. The van der Waals surface area contributed by atoms with Crippen LogP contribution in [0.15, 0.2) is 29.2 Å². The van der Waals surface area contributed by atoms with E-state index in [1.807, 2.05) is 11.8 Å². The number of thioether (sulfide) groups is 1. The number of benzene rings is 1. The molecule has 82 valence electrons. The van der Waals surface area contributed by atoms with Crippen molar-refractivity contribution in [2.45, 2.75) is 37.1 Å². The van der Waals surface area contributed by atoms with E-state index < -0.39 is 0 Å². The van der Waals surface area contributed by atoms with Crippen LogP contribution in [0.5, 0.6) is 0 Å². The third kappa shape index (κ3) is 2.56. The van der Waals surface area contributed by atoms with Crippen molar-refractivity contribution in [2.75, 3.05) is 5.75 Å². The van der Waals surface area contributed by atoms with Crippen molar-refractivity contribution >= 4 is 11.8 Å². The summed E-state index contributed by atoms with van der Waals surface area (Å²) in [4.78, 5) is 1.35. The van der Waals surface area contributed by atoms with Gasteiger partial charge in [0.05, 0.1) is 0 Å². The van der Waals surface area contributed by atoms with Crippen LogP contribution in [0.4, 0.5) is 0 Å². The Balaban J connectivity index is 2.02. The number of rotatable bonds is 4. The maximum absolute atomic E-state index is 6.22. The molecule has 2 rings (SSSR count). The van der Waals surface area contributed by atoms with Crippen LogP contribution in [0.1, 0.15) is 37.8 Å². The third-order valence-corrected chi connectivity index (χ3v) is 4.13. The van der Waals surface area contributed by atoms with Gasteiger partial charge in [-0.2, -0.15) is 0 Å². The van der Waals surface area contributed by atoms with Crippen molar-refractivity contribution in [2.24, 2.45) is 11.7 Å². The molecule has 1 unspecified atom stereocenters. The van der Waals surface area contributed by atoms with Gasteiger partial charge in [-0.1, -0.05) is 25.5 Å². The van der Waals surface area contributed by atoms with Crippen LogP contribution in [0.25, 0.3) is 0 Å². The highest BCUT2D eigenvalue weighted by molar-refractivity contribution is 7.99. The van der Waals surface area contributed by atoms with Gasteiger partial charge in [0.1, 0.15) is 0 Å². The van der Waals surface area contributed by atoms with Crippen LogP contribution in [0.3, 0.4) is 0 Å². The Morgan fingerprint density at radius 2 is 2.00 bits per heavy atom. The minimum absolute atomic E-state index is 0.263. The molecule has 0 bridgehead atoms. The smallest absolute Gasteiger partial charge is 0.0323 e. The molecule has 0 saturated heterocycles. The molecule has 2 N–H and O–H groups in total. The molecule has 0 radical (unpaired) electrons. The van der Waals surface area contributed by atoms with Gasteiger partial charge in [-0.25, -0.2) is 0 Å². The van der Waals surface area contributed by atoms with Crippen molar-refractivity contribution < 1.29 is 0 Å². The van der Waals surface area contributed by atoms with Gasteiger partial charge in [0.15, 0.2) is 0 Å². The van der Waals surface area contributed by atoms with Gasteiger partial charge in [0, 0.05) is 10.9 Å². The standard InChI is InChI=1S/C13H19NS/c1-2-15-12-8-6-11(7-9-12)13(14)10-4-3-5-10/h6-10,13H,2-5,14H2,1H3. The van der Waals surface area contributed by atoms with Crippen molar-refractivity contribution in [3.05, 3.63) is 29.8 Å². The van der Waals surface area contributed by atoms with E-state index in [4.69, 9.17) is 5.73 Å². The van der Waals surface area contributed by atoms with Gasteiger partial charge in [-0.15, -0.1) is 11.8 Å². The van der Waals surface area contributed by atoms with Crippen molar-refractivity contribution in [1.29, 1.82) is 0 Å². The summed E-state index contributed by atoms with van der Waals surface area (Å²) < 4.78 is 0. The van der Waals surface area contributed by atoms with Crippen LogP contribution in [0, 0.1) is 5.92 Å². The van der Waals surface area contributed by atoms with Crippen LogP contribution < -0.4 is 5.73 Å². The lowest BCUT2D eigenvalue weighted by atomic mass is 9.78. The van der Waals surface area contributed by atoms with Crippen LogP contribution in [-0.2, 0) is 0 Å². The highest BCUT2D eigenvalue weighted by Crippen LogP contribution is 2.36. The van der Waals surface area contributed by atoms with Crippen molar-refractivity contribution in [3.8, 4) is 0 Å². The molecule has 0 heterocycles. The zero-order valence-corrected chi connectivity index (χ0v) is 10.1. The predicted octanol–water partition coefficient (Wildman–Crippen LogP) is 3.60. The largest absolute Gasteiger partial charge is 0.324 e. The Hall–Kier alpha value is -0.470. The summed E-state index contributed by atoms with van der Waals surface area (Å²) in [5.41, 5.74) is 7.52. The summed E-state index contributed by atoms with van der Waals surface area (Å²) in [6.07, 6.45) is 3.99. The molecule has 1 fully saturated rings. The van der Waals surface area contributed by atoms with E-state index >= 15 is 0 Å². The molecule has 0 aromatic heterocycles. The second-order valence-electron chi connectivity index (χ2n) is 4.22. The molecule has 1 aliphatic rings. The summed E-state index contributed by atoms with van der Waals surface area (Å²) in [5, 5.41) is 0. The fourth-order valence-electron chi connectivity index (χ4n) is 2.02.